The zero-order chi connectivity index (χ0) is 22.9. The fourth-order valence-electron chi connectivity index (χ4n) is 4.29. The van der Waals surface area contributed by atoms with Crippen molar-refractivity contribution >= 4 is 36.9 Å². The Bertz CT molecular complexity index is 1360. The maximum Gasteiger partial charge on any atom is 0.270 e. The van der Waals surface area contributed by atoms with Gasteiger partial charge in [0.25, 0.3) is 10.1 Å². The Morgan fingerprint density at radius 1 is 1.12 bits per heavy atom. The molecule has 1 aliphatic heterocycles. The van der Waals surface area contributed by atoms with E-state index in [0.29, 0.717) is 17.7 Å². The summed E-state index contributed by atoms with van der Waals surface area (Å²) < 4.78 is 57.8. The molecule has 0 spiro atoms. The number of fused-ring (bicyclic) bond motifs is 1. The average molecular weight is 475 g/mol. The fraction of sp³-hybridized carbons (Fsp3) is 0.304. The number of aromatic nitrogens is 1. The molecule has 0 radical (unpaired) electrons. The van der Waals surface area contributed by atoms with Crippen LogP contribution in [0.4, 0.5) is 0 Å². The van der Waals surface area contributed by atoms with Gasteiger partial charge < -0.3 is 9.88 Å². The maximum absolute atomic E-state index is 12.6. The standard InChI is InChI=1S/C23H26N2O5S2/c1-25-12-5-6-18(25)15-21-20-14-17(9-10-22(20)24-23(21)16-32(28,29)30)11-13-31(26,27)19-7-3-2-4-8-19/h2-4,7-11,13-14,18,24H,5-6,12,15-16H2,1H3,(H,28,29,30)/t18-/m1/s1. The van der Waals surface area contributed by atoms with Gasteiger partial charge in [0, 0.05) is 28.0 Å². The van der Waals surface area contributed by atoms with Crippen LogP contribution in [-0.4, -0.2) is 50.9 Å². The molecule has 170 valence electrons. The Balaban J connectivity index is 1.72. The first kappa shape index (κ1) is 22.7. The van der Waals surface area contributed by atoms with Crippen LogP contribution in [0.1, 0.15) is 29.7 Å². The molecule has 1 fully saturated rings. The van der Waals surface area contributed by atoms with Crippen molar-refractivity contribution in [3.05, 3.63) is 70.8 Å². The third kappa shape index (κ3) is 5.12. The fourth-order valence-corrected chi connectivity index (χ4v) is 5.93. The van der Waals surface area contributed by atoms with Crippen molar-refractivity contribution in [2.24, 2.45) is 0 Å². The largest absolute Gasteiger partial charge is 0.357 e. The number of hydrogen-bond donors (Lipinski definition) is 2. The summed E-state index contributed by atoms with van der Waals surface area (Å²) in [5, 5.41) is 2.02. The Morgan fingerprint density at radius 2 is 1.88 bits per heavy atom. The van der Waals surface area contributed by atoms with Crippen molar-refractivity contribution in [1.29, 1.82) is 0 Å². The number of aromatic amines is 1. The van der Waals surface area contributed by atoms with Crippen molar-refractivity contribution in [1.82, 2.24) is 9.88 Å². The van der Waals surface area contributed by atoms with E-state index in [4.69, 9.17) is 0 Å². The molecule has 0 aliphatic carbocycles. The van der Waals surface area contributed by atoms with E-state index in [0.717, 1.165) is 35.9 Å². The Morgan fingerprint density at radius 3 is 2.53 bits per heavy atom. The number of H-pyrrole nitrogens is 1. The molecule has 2 heterocycles. The quantitative estimate of drug-likeness (QED) is 0.506. The van der Waals surface area contributed by atoms with E-state index < -0.39 is 25.7 Å². The van der Waals surface area contributed by atoms with Crippen LogP contribution in [0, 0.1) is 0 Å². The molecule has 1 aromatic heterocycles. The van der Waals surface area contributed by atoms with Crippen molar-refractivity contribution in [3.63, 3.8) is 0 Å². The summed E-state index contributed by atoms with van der Waals surface area (Å²) >= 11 is 0. The highest BCUT2D eigenvalue weighted by Gasteiger charge is 2.25. The summed E-state index contributed by atoms with van der Waals surface area (Å²) in [4.78, 5) is 5.61. The molecule has 9 heteroatoms. The third-order valence-corrected chi connectivity index (χ3v) is 8.05. The van der Waals surface area contributed by atoms with Gasteiger partial charge in [-0.05, 0) is 74.3 Å². The molecule has 0 unspecified atom stereocenters. The van der Waals surface area contributed by atoms with E-state index in [1.165, 1.54) is 5.41 Å². The smallest absolute Gasteiger partial charge is 0.270 e. The van der Waals surface area contributed by atoms with E-state index in [-0.39, 0.29) is 10.9 Å². The van der Waals surface area contributed by atoms with Gasteiger partial charge in [-0.3, -0.25) is 4.55 Å². The number of likely N-dealkylation sites (N-methyl/N-ethyl adjacent to an activating group) is 1. The van der Waals surface area contributed by atoms with Gasteiger partial charge in [-0.2, -0.15) is 8.42 Å². The van der Waals surface area contributed by atoms with Gasteiger partial charge in [0.1, 0.15) is 5.75 Å². The lowest BCUT2D eigenvalue weighted by Gasteiger charge is -2.19. The minimum absolute atomic E-state index is 0.222. The van der Waals surface area contributed by atoms with Gasteiger partial charge in [0.05, 0.1) is 4.90 Å². The van der Waals surface area contributed by atoms with E-state index in [1.807, 2.05) is 6.07 Å². The second kappa shape index (κ2) is 8.82. The minimum atomic E-state index is -4.20. The molecule has 1 atom stereocenters. The van der Waals surface area contributed by atoms with E-state index in [9.17, 15) is 21.4 Å². The summed E-state index contributed by atoms with van der Waals surface area (Å²) in [5.74, 6) is -0.485. The first-order chi connectivity index (χ1) is 15.1. The zero-order valence-corrected chi connectivity index (χ0v) is 19.4. The van der Waals surface area contributed by atoms with Crippen LogP contribution in [0.25, 0.3) is 17.0 Å². The molecular weight excluding hydrogens is 448 g/mol. The highest BCUT2D eigenvalue weighted by Crippen LogP contribution is 2.30. The number of sulfone groups is 1. The first-order valence-electron chi connectivity index (χ1n) is 10.4. The normalized spacial score (nSPS) is 18.1. The van der Waals surface area contributed by atoms with Crippen LogP contribution in [0.2, 0.25) is 0 Å². The maximum atomic E-state index is 12.6. The van der Waals surface area contributed by atoms with Crippen molar-refractivity contribution in [2.75, 3.05) is 13.6 Å². The summed E-state index contributed by atoms with van der Waals surface area (Å²) in [6.45, 7) is 0.992. The molecule has 1 saturated heterocycles. The highest BCUT2D eigenvalue weighted by atomic mass is 32.2. The van der Waals surface area contributed by atoms with Gasteiger partial charge in [-0.1, -0.05) is 24.3 Å². The number of likely N-dealkylation sites (tertiary alicyclic amines) is 1. The monoisotopic (exact) mass is 474 g/mol. The molecule has 7 nitrogen and oxygen atoms in total. The van der Waals surface area contributed by atoms with Crippen LogP contribution in [0.3, 0.4) is 0 Å². The van der Waals surface area contributed by atoms with Gasteiger partial charge in [0.15, 0.2) is 9.84 Å². The average Bonchev–Trinajstić information content (AvgIpc) is 3.29. The molecule has 3 aromatic rings. The second-order valence-corrected chi connectivity index (χ2v) is 11.5. The zero-order valence-electron chi connectivity index (χ0n) is 17.7. The molecular formula is C23H26N2O5S2. The summed E-state index contributed by atoms with van der Waals surface area (Å²) in [6, 6.07) is 13.9. The molecule has 2 N–H and O–H groups in total. The van der Waals surface area contributed by atoms with E-state index in [1.54, 1.807) is 48.5 Å². The number of nitrogens with zero attached hydrogens (tertiary/aromatic N) is 1. The summed E-state index contributed by atoms with van der Waals surface area (Å²) in [5.41, 5.74) is 2.76. The number of nitrogens with one attached hydrogen (secondary N) is 1. The number of benzene rings is 2. The lowest BCUT2D eigenvalue weighted by atomic mass is 10.00. The van der Waals surface area contributed by atoms with Crippen LogP contribution >= 0.6 is 0 Å². The number of rotatable bonds is 7. The lowest BCUT2D eigenvalue weighted by molar-refractivity contribution is 0.309. The highest BCUT2D eigenvalue weighted by molar-refractivity contribution is 7.94. The molecule has 32 heavy (non-hydrogen) atoms. The summed E-state index contributed by atoms with van der Waals surface area (Å²) in [6.07, 6.45) is 4.30. The Labute approximate surface area is 188 Å². The second-order valence-electron chi connectivity index (χ2n) is 8.25. The Hall–Kier alpha value is -2.46. The summed E-state index contributed by atoms with van der Waals surface area (Å²) in [7, 11) is -5.72. The SMILES string of the molecule is CN1CCC[C@@H]1Cc1c(CS(=O)(=O)O)[nH]c2ccc(C=CS(=O)(=O)c3ccccc3)cc12. The van der Waals surface area contributed by atoms with Gasteiger partial charge in [-0.15, -0.1) is 0 Å². The molecule has 0 bridgehead atoms. The van der Waals surface area contributed by atoms with Crippen LogP contribution in [0.15, 0.2) is 58.8 Å². The molecule has 4 rings (SSSR count). The van der Waals surface area contributed by atoms with Crippen molar-refractivity contribution < 1.29 is 21.4 Å². The van der Waals surface area contributed by atoms with Gasteiger partial charge in [0.2, 0.25) is 0 Å². The van der Waals surface area contributed by atoms with Crippen LogP contribution in [0.5, 0.6) is 0 Å². The topological polar surface area (TPSA) is 108 Å². The molecule has 0 saturated carbocycles. The predicted molar refractivity (Wildman–Crippen MR) is 126 cm³/mol. The molecule has 1 aliphatic rings. The lowest BCUT2D eigenvalue weighted by Crippen LogP contribution is -2.27. The number of hydrogen-bond acceptors (Lipinski definition) is 5. The molecule has 0 amide bonds. The Kier molecular flexibility index (Phi) is 6.26. The predicted octanol–water partition coefficient (Wildman–Crippen LogP) is 3.64. The van der Waals surface area contributed by atoms with E-state index in [2.05, 4.69) is 16.9 Å². The minimum Gasteiger partial charge on any atom is -0.357 e. The van der Waals surface area contributed by atoms with Gasteiger partial charge in [-0.25, -0.2) is 8.42 Å². The van der Waals surface area contributed by atoms with Crippen molar-refractivity contribution in [2.45, 2.75) is 36.0 Å². The third-order valence-electron chi connectivity index (χ3n) is 5.97. The molecule has 2 aromatic carbocycles. The van der Waals surface area contributed by atoms with E-state index >= 15 is 0 Å². The van der Waals surface area contributed by atoms with Crippen LogP contribution in [-0.2, 0) is 32.1 Å². The van der Waals surface area contributed by atoms with Crippen molar-refractivity contribution in [3.8, 4) is 0 Å². The van der Waals surface area contributed by atoms with Crippen LogP contribution < -0.4 is 0 Å². The first-order valence-corrected chi connectivity index (χ1v) is 13.5. The van der Waals surface area contributed by atoms with Gasteiger partial charge >= 0.3 is 0 Å².